The molecule has 5 aromatic rings. The van der Waals surface area contributed by atoms with Crippen molar-refractivity contribution in [3.63, 3.8) is 0 Å². The minimum atomic E-state index is -0.184. The summed E-state index contributed by atoms with van der Waals surface area (Å²) in [5.74, 6) is 1.90. The zero-order valence-corrected chi connectivity index (χ0v) is 19.7. The van der Waals surface area contributed by atoms with Crippen molar-refractivity contribution in [1.29, 1.82) is 0 Å². The summed E-state index contributed by atoms with van der Waals surface area (Å²) in [7, 11) is 0. The zero-order valence-electron chi connectivity index (χ0n) is 19.7. The molecule has 0 saturated heterocycles. The number of aryl methyl sites for hydroxylation is 1. The first-order chi connectivity index (χ1) is 17.7. The normalized spacial score (nSPS) is 10.9. The van der Waals surface area contributed by atoms with Crippen LogP contribution in [0.1, 0.15) is 29.5 Å². The molecule has 1 N–H and O–H groups in total. The van der Waals surface area contributed by atoms with Gasteiger partial charge in [0.15, 0.2) is 5.82 Å². The fourth-order valence-electron chi connectivity index (χ4n) is 3.88. The minimum absolute atomic E-state index is 0.184. The second-order valence-electron chi connectivity index (χ2n) is 7.88. The number of amides is 1. The molecule has 5 heterocycles. The van der Waals surface area contributed by atoms with Crippen LogP contribution in [0.3, 0.4) is 0 Å². The van der Waals surface area contributed by atoms with E-state index in [4.69, 9.17) is 4.74 Å². The van der Waals surface area contributed by atoms with Crippen LogP contribution in [0.15, 0.2) is 73.4 Å². The van der Waals surface area contributed by atoms with Gasteiger partial charge in [-0.15, -0.1) is 10.2 Å². The average Bonchev–Trinajstić information content (AvgIpc) is 3.35. The fraction of sp³-hybridized carbons (Fsp3) is 0.192. The van der Waals surface area contributed by atoms with Gasteiger partial charge in [-0.2, -0.15) is 0 Å². The second kappa shape index (κ2) is 10.7. The van der Waals surface area contributed by atoms with Crippen molar-refractivity contribution in [2.24, 2.45) is 0 Å². The molecular weight excluding hydrogens is 456 g/mol. The van der Waals surface area contributed by atoms with Gasteiger partial charge in [0.1, 0.15) is 22.8 Å². The monoisotopic (exact) mass is 480 g/mol. The second-order valence-corrected chi connectivity index (χ2v) is 7.88. The molecule has 0 aliphatic rings. The molecule has 0 aliphatic heterocycles. The van der Waals surface area contributed by atoms with Gasteiger partial charge in [0.25, 0.3) is 5.91 Å². The van der Waals surface area contributed by atoms with Gasteiger partial charge in [-0.25, -0.2) is 4.98 Å². The molecule has 0 aliphatic carbocycles. The number of pyridine rings is 4. The number of carbonyl (C=O) groups excluding carboxylic acids is 1. The van der Waals surface area contributed by atoms with E-state index in [1.54, 1.807) is 43.1 Å². The largest absolute Gasteiger partial charge is 0.492 e. The molecule has 36 heavy (non-hydrogen) atoms. The molecule has 10 heteroatoms. The Morgan fingerprint density at radius 2 is 1.86 bits per heavy atom. The fourth-order valence-corrected chi connectivity index (χ4v) is 3.88. The first-order valence-corrected chi connectivity index (χ1v) is 11.7. The number of aromatic nitrogens is 7. The number of nitrogens with zero attached hydrogens (tertiary/aromatic N) is 7. The predicted molar refractivity (Wildman–Crippen MR) is 134 cm³/mol. The molecule has 0 unspecified atom stereocenters. The standard InChI is InChI=1S/C26H24N8O2/c1-2-36-19-7-8-22(31-17-19)25-33-32-23(34(25)18-9-14-27-15-10-18)6-4-13-30-26(35)20-11-16-28-21-5-3-12-29-24(20)21/h3,5,7-12,14-17H,2,4,6,13H2,1H3,(H,30,35). The first-order valence-electron chi connectivity index (χ1n) is 11.7. The molecule has 0 spiro atoms. The Labute approximate surface area is 207 Å². The Bertz CT molecular complexity index is 1460. The Kier molecular flexibility index (Phi) is 6.83. The van der Waals surface area contributed by atoms with Crippen LogP contribution in [0.25, 0.3) is 28.2 Å². The Balaban J connectivity index is 1.31. The molecule has 0 saturated carbocycles. The van der Waals surface area contributed by atoms with Crippen LogP contribution in [-0.2, 0) is 6.42 Å². The predicted octanol–water partition coefficient (Wildman–Crippen LogP) is 3.43. The Morgan fingerprint density at radius 3 is 2.67 bits per heavy atom. The summed E-state index contributed by atoms with van der Waals surface area (Å²) in [4.78, 5) is 30.0. The number of hydrogen-bond acceptors (Lipinski definition) is 8. The quantitative estimate of drug-likeness (QED) is 0.319. The van der Waals surface area contributed by atoms with Gasteiger partial charge in [-0.1, -0.05) is 0 Å². The van der Waals surface area contributed by atoms with Crippen molar-refractivity contribution in [2.75, 3.05) is 13.2 Å². The molecule has 5 aromatic heterocycles. The van der Waals surface area contributed by atoms with E-state index in [0.717, 1.165) is 11.5 Å². The van der Waals surface area contributed by atoms with Crippen LogP contribution < -0.4 is 10.1 Å². The van der Waals surface area contributed by atoms with Gasteiger partial charge < -0.3 is 10.1 Å². The lowest BCUT2D eigenvalue weighted by atomic mass is 10.2. The van der Waals surface area contributed by atoms with Crippen LogP contribution in [0.2, 0.25) is 0 Å². The van der Waals surface area contributed by atoms with E-state index in [2.05, 4.69) is 35.5 Å². The third-order valence-electron chi connectivity index (χ3n) is 5.53. The van der Waals surface area contributed by atoms with Gasteiger partial charge in [-0.3, -0.25) is 24.3 Å². The van der Waals surface area contributed by atoms with Gasteiger partial charge in [0.2, 0.25) is 0 Å². The number of rotatable bonds is 9. The minimum Gasteiger partial charge on any atom is -0.492 e. The lowest BCUT2D eigenvalue weighted by Gasteiger charge is -2.11. The third-order valence-corrected chi connectivity index (χ3v) is 5.53. The first kappa shape index (κ1) is 23.0. The number of nitrogens with one attached hydrogen (secondary N) is 1. The lowest BCUT2D eigenvalue weighted by Crippen LogP contribution is -2.25. The highest BCUT2D eigenvalue weighted by molar-refractivity contribution is 6.04. The highest BCUT2D eigenvalue weighted by atomic mass is 16.5. The van der Waals surface area contributed by atoms with E-state index < -0.39 is 0 Å². The SMILES string of the molecule is CCOc1ccc(-c2nnc(CCCNC(=O)c3ccnc4cccnc34)n2-c2ccncc2)nc1. The topological polar surface area (TPSA) is 121 Å². The highest BCUT2D eigenvalue weighted by Crippen LogP contribution is 2.23. The van der Waals surface area contributed by atoms with Crippen molar-refractivity contribution in [1.82, 2.24) is 40.0 Å². The Morgan fingerprint density at radius 1 is 0.972 bits per heavy atom. The molecule has 10 nitrogen and oxygen atoms in total. The van der Waals surface area contributed by atoms with Crippen LogP contribution in [0.5, 0.6) is 5.75 Å². The molecule has 5 rings (SSSR count). The summed E-state index contributed by atoms with van der Waals surface area (Å²) in [6, 6.07) is 12.8. The van der Waals surface area contributed by atoms with Crippen molar-refractivity contribution in [2.45, 2.75) is 19.8 Å². The summed E-state index contributed by atoms with van der Waals surface area (Å²) in [6.45, 7) is 2.97. The number of ether oxygens (including phenoxy) is 1. The van der Waals surface area contributed by atoms with Gasteiger partial charge in [0.05, 0.1) is 29.6 Å². The zero-order chi connectivity index (χ0) is 24.7. The van der Waals surface area contributed by atoms with E-state index in [0.29, 0.717) is 59.9 Å². The summed E-state index contributed by atoms with van der Waals surface area (Å²) in [6.07, 6.45) is 9.67. The lowest BCUT2D eigenvalue weighted by molar-refractivity contribution is 0.0954. The smallest absolute Gasteiger partial charge is 0.253 e. The summed E-state index contributed by atoms with van der Waals surface area (Å²) in [5.41, 5.74) is 3.34. The molecule has 0 fully saturated rings. The van der Waals surface area contributed by atoms with E-state index in [9.17, 15) is 4.79 Å². The van der Waals surface area contributed by atoms with E-state index in [1.165, 1.54) is 0 Å². The maximum Gasteiger partial charge on any atom is 0.253 e. The number of fused-ring (bicyclic) bond motifs is 1. The molecular formula is C26H24N8O2. The third kappa shape index (κ3) is 4.88. The van der Waals surface area contributed by atoms with Crippen molar-refractivity contribution >= 4 is 16.9 Å². The van der Waals surface area contributed by atoms with Gasteiger partial charge in [-0.05, 0) is 55.8 Å². The van der Waals surface area contributed by atoms with E-state index in [1.807, 2.05) is 41.8 Å². The van der Waals surface area contributed by atoms with Crippen LogP contribution >= 0.6 is 0 Å². The van der Waals surface area contributed by atoms with Crippen LogP contribution in [0.4, 0.5) is 0 Å². The van der Waals surface area contributed by atoms with Gasteiger partial charge >= 0.3 is 0 Å². The van der Waals surface area contributed by atoms with Crippen molar-refractivity contribution < 1.29 is 9.53 Å². The molecule has 180 valence electrons. The summed E-state index contributed by atoms with van der Waals surface area (Å²) < 4.78 is 7.47. The molecule has 0 radical (unpaired) electrons. The number of hydrogen-bond donors (Lipinski definition) is 1. The average molecular weight is 481 g/mol. The number of carbonyl (C=O) groups is 1. The van der Waals surface area contributed by atoms with Crippen molar-refractivity contribution in [3.8, 4) is 23.0 Å². The van der Waals surface area contributed by atoms with E-state index in [-0.39, 0.29) is 5.91 Å². The molecule has 0 atom stereocenters. The summed E-state index contributed by atoms with van der Waals surface area (Å²) in [5, 5.41) is 11.8. The maximum atomic E-state index is 12.8. The highest BCUT2D eigenvalue weighted by Gasteiger charge is 2.17. The van der Waals surface area contributed by atoms with E-state index >= 15 is 0 Å². The Hall–Kier alpha value is -4.73. The van der Waals surface area contributed by atoms with Crippen molar-refractivity contribution in [3.05, 3.63) is 84.8 Å². The summed E-state index contributed by atoms with van der Waals surface area (Å²) >= 11 is 0. The molecule has 0 aromatic carbocycles. The maximum absolute atomic E-state index is 12.8. The van der Waals surface area contributed by atoms with Gasteiger partial charge in [0, 0.05) is 37.8 Å². The molecule has 1 amide bonds. The molecule has 0 bridgehead atoms. The van der Waals surface area contributed by atoms with Crippen LogP contribution in [-0.4, -0.2) is 53.8 Å². The van der Waals surface area contributed by atoms with Crippen LogP contribution in [0, 0.1) is 0 Å².